The molecule has 0 radical (unpaired) electrons. The van der Waals surface area contributed by atoms with Gasteiger partial charge in [0.1, 0.15) is 5.82 Å². The molecular weight excluding hydrogens is 403 g/mol. The first kappa shape index (κ1) is 22.7. The highest BCUT2D eigenvalue weighted by atomic mass is 19.1. The lowest BCUT2D eigenvalue weighted by atomic mass is 10.0. The van der Waals surface area contributed by atoms with Gasteiger partial charge in [-0.15, -0.1) is 0 Å². The Kier molecular flexibility index (Phi) is 8.00. The van der Waals surface area contributed by atoms with Gasteiger partial charge in [0.25, 0.3) is 0 Å². The molecule has 0 amide bonds. The first-order valence-corrected chi connectivity index (χ1v) is 10.5. The number of carbonyl (C=O) groups is 1. The van der Waals surface area contributed by atoms with E-state index in [1.807, 2.05) is 13.8 Å². The smallest absolute Gasteiger partial charge is 0.358 e. The zero-order valence-corrected chi connectivity index (χ0v) is 18.2. The van der Waals surface area contributed by atoms with Crippen molar-refractivity contribution >= 4 is 11.8 Å². The van der Waals surface area contributed by atoms with Crippen LogP contribution < -0.4 is 14.8 Å². The molecule has 1 saturated heterocycles. The van der Waals surface area contributed by atoms with Gasteiger partial charge in [0.05, 0.1) is 32.7 Å². The molecule has 8 nitrogen and oxygen atoms in total. The molecule has 0 atom stereocenters. The maximum Gasteiger partial charge on any atom is 0.358 e. The predicted octanol–water partition coefficient (Wildman–Crippen LogP) is 3.28. The molecule has 1 fully saturated rings. The molecule has 0 unspecified atom stereocenters. The number of nitrogens with zero attached hydrogens (tertiary/aromatic N) is 3. The fourth-order valence-corrected chi connectivity index (χ4v) is 3.55. The Morgan fingerprint density at radius 1 is 1.13 bits per heavy atom. The van der Waals surface area contributed by atoms with Gasteiger partial charge < -0.3 is 19.5 Å². The van der Waals surface area contributed by atoms with Crippen LogP contribution in [0.3, 0.4) is 0 Å². The monoisotopic (exact) mass is 432 g/mol. The Morgan fingerprint density at radius 3 is 2.29 bits per heavy atom. The molecule has 0 saturated carbocycles. The second kappa shape index (κ2) is 10.9. The molecule has 2 aromatic rings. The van der Waals surface area contributed by atoms with Crippen molar-refractivity contribution in [3.63, 3.8) is 0 Å². The first-order valence-electron chi connectivity index (χ1n) is 10.5. The number of nitrogens with one attached hydrogen (secondary N) is 1. The molecule has 9 heteroatoms. The van der Waals surface area contributed by atoms with Crippen LogP contribution in [0, 0.1) is 5.82 Å². The van der Waals surface area contributed by atoms with Crippen LogP contribution >= 0.6 is 0 Å². The van der Waals surface area contributed by atoms with E-state index in [-0.39, 0.29) is 23.2 Å². The van der Waals surface area contributed by atoms with Gasteiger partial charge in [-0.25, -0.2) is 14.8 Å². The van der Waals surface area contributed by atoms with E-state index in [1.54, 1.807) is 18.3 Å². The number of esters is 1. The number of rotatable bonds is 9. The molecule has 168 valence electrons. The summed E-state index contributed by atoms with van der Waals surface area (Å²) in [6.45, 7) is 6.92. The molecule has 3 rings (SSSR count). The van der Waals surface area contributed by atoms with E-state index >= 15 is 0 Å². The second-order valence-corrected chi connectivity index (χ2v) is 7.25. The number of likely N-dealkylation sites (tertiary alicyclic amines) is 1. The Morgan fingerprint density at radius 2 is 1.77 bits per heavy atom. The average Bonchev–Trinajstić information content (AvgIpc) is 2.78. The molecule has 1 aromatic carbocycles. The number of hydrogen-bond donors (Lipinski definition) is 1. The molecule has 1 aliphatic rings. The van der Waals surface area contributed by atoms with Crippen molar-refractivity contribution in [1.29, 1.82) is 0 Å². The van der Waals surface area contributed by atoms with Crippen LogP contribution in [0.1, 0.15) is 42.7 Å². The zero-order valence-electron chi connectivity index (χ0n) is 18.2. The molecule has 1 aliphatic heterocycles. The average molecular weight is 432 g/mol. The third-order valence-electron chi connectivity index (χ3n) is 5.06. The Labute approximate surface area is 181 Å². The normalized spacial score (nSPS) is 14.8. The lowest BCUT2D eigenvalue weighted by molar-refractivity contribution is 0.0593. The minimum Gasteiger partial charge on any atom is -0.491 e. The van der Waals surface area contributed by atoms with E-state index < -0.39 is 11.8 Å². The highest BCUT2D eigenvalue weighted by Gasteiger charge is 2.21. The number of carbonyl (C=O) groups excluding carboxylic acids is 1. The number of anilines is 1. The highest BCUT2D eigenvalue weighted by Crippen LogP contribution is 2.30. The van der Waals surface area contributed by atoms with Crippen LogP contribution in [-0.4, -0.2) is 60.3 Å². The number of hydrogen-bond acceptors (Lipinski definition) is 8. The summed E-state index contributed by atoms with van der Waals surface area (Å²) in [6, 6.07) is 3.77. The number of halogens is 1. The summed E-state index contributed by atoms with van der Waals surface area (Å²) >= 11 is 0. The number of methoxy groups -OCH3 is 1. The summed E-state index contributed by atoms with van der Waals surface area (Å²) in [5, 5.41) is 3.37. The summed E-state index contributed by atoms with van der Waals surface area (Å²) in [5.74, 6) is 0.137. The molecule has 0 bridgehead atoms. The number of benzene rings is 1. The van der Waals surface area contributed by atoms with Crippen molar-refractivity contribution in [2.45, 2.75) is 39.3 Å². The molecule has 0 aliphatic carbocycles. The second-order valence-electron chi connectivity index (χ2n) is 7.25. The van der Waals surface area contributed by atoms with Gasteiger partial charge in [0.2, 0.25) is 5.82 Å². The van der Waals surface area contributed by atoms with Crippen molar-refractivity contribution in [2.75, 3.05) is 38.7 Å². The van der Waals surface area contributed by atoms with Crippen molar-refractivity contribution in [1.82, 2.24) is 14.9 Å². The van der Waals surface area contributed by atoms with Gasteiger partial charge >= 0.3 is 5.97 Å². The Hall–Kier alpha value is -2.94. The summed E-state index contributed by atoms with van der Waals surface area (Å²) in [4.78, 5) is 22.1. The summed E-state index contributed by atoms with van der Waals surface area (Å²) in [5.41, 5.74) is 1.14. The van der Waals surface area contributed by atoms with Crippen molar-refractivity contribution in [3.8, 4) is 11.5 Å². The van der Waals surface area contributed by atoms with Gasteiger partial charge in [-0.1, -0.05) is 0 Å². The summed E-state index contributed by atoms with van der Waals surface area (Å²) in [7, 11) is 1.31. The largest absolute Gasteiger partial charge is 0.491 e. The maximum atomic E-state index is 14.4. The Balaban J connectivity index is 1.55. The van der Waals surface area contributed by atoms with E-state index in [4.69, 9.17) is 9.47 Å². The lowest BCUT2D eigenvalue weighted by Crippen LogP contribution is -2.38. The van der Waals surface area contributed by atoms with Crippen LogP contribution in [0.4, 0.5) is 10.2 Å². The third-order valence-corrected chi connectivity index (χ3v) is 5.06. The molecule has 2 heterocycles. The SMILES string of the molecule is CCOc1cc(CN2CCC(Nc3cnc(C(=O)OC)cn3)CC2)cc(OCC)c1F. The van der Waals surface area contributed by atoms with Gasteiger partial charge in [-0.2, -0.15) is 4.39 Å². The molecule has 1 N–H and O–H groups in total. The maximum absolute atomic E-state index is 14.4. The summed E-state index contributed by atoms with van der Waals surface area (Å²) in [6.07, 6.45) is 4.81. The standard InChI is InChI=1S/C22H29FN4O4/c1-4-30-18-10-15(11-19(21(18)23)31-5-2)14-27-8-6-16(7-9-27)26-20-13-24-17(12-25-20)22(28)29-3/h10-13,16H,4-9,14H2,1-3H3,(H,25,26). The van der Waals surface area contributed by atoms with Gasteiger partial charge in [0.15, 0.2) is 17.2 Å². The quantitative estimate of drug-likeness (QED) is 0.605. The minimum atomic E-state index is -0.506. The number of piperidine rings is 1. The van der Waals surface area contributed by atoms with E-state index in [0.29, 0.717) is 25.6 Å². The topological polar surface area (TPSA) is 85.8 Å². The highest BCUT2D eigenvalue weighted by molar-refractivity contribution is 5.86. The van der Waals surface area contributed by atoms with Gasteiger partial charge in [-0.05, 0) is 44.4 Å². The fourth-order valence-electron chi connectivity index (χ4n) is 3.55. The van der Waals surface area contributed by atoms with Crippen molar-refractivity contribution in [2.24, 2.45) is 0 Å². The van der Waals surface area contributed by atoms with Crippen LogP contribution in [-0.2, 0) is 11.3 Å². The van der Waals surface area contributed by atoms with E-state index in [9.17, 15) is 9.18 Å². The minimum absolute atomic E-state index is 0.181. The molecular formula is C22H29FN4O4. The van der Waals surface area contributed by atoms with Crippen molar-refractivity contribution in [3.05, 3.63) is 41.6 Å². The van der Waals surface area contributed by atoms with Crippen LogP contribution in [0.25, 0.3) is 0 Å². The van der Waals surface area contributed by atoms with E-state index in [1.165, 1.54) is 13.3 Å². The van der Waals surface area contributed by atoms with Gasteiger partial charge in [-0.3, -0.25) is 4.90 Å². The van der Waals surface area contributed by atoms with E-state index in [2.05, 4.69) is 24.9 Å². The van der Waals surface area contributed by atoms with Gasteiger partial charge in [0, 0.05) is 25.7 Å². The lowest BCUT2D eigenvalue weighted by Gasteiger charge is -2.32. The fraction of sp³-hybridized carbons (Fsp3) is 0.500. The molecule has 1 aromatic heterocycles. The molecule has 31 heavy (non-hydrogen) atoms. The van der Waals surface area contributed by atoms with E-state index in [0.717, 1.165) is 31.5 Å². The first-order chi connectivity index (χ1) is 15.0. The Bertz CT molecular complexity index is 843. The van der Waals surface area contributed by atoms with Crippen LogP contribution in [0.2, 0.25) is 0 Å². The third kappa shape index (κ3) is 6.04. The molecule has 0 spiro atoms. The van der Waals surface area contributed by atoms with Crippen LogP contribution in [0.15, 0.2) is 24.5 Å². The van der Waals surface area contributed by atoms with Crippen LogP contribution in [0.5, 0.6) is 11.5 Å². The predicted molar refractivity (Wildman–Crippen MR) is 114 cm³/mol. The number of aromatic nitrogens is 2. The zero-order chi connectivity index (χ0) is 22.2. The van der Waals surface area contributed by atoms with Crippen molar-refractivity contribution < 1.29 is 23.4 Å². The summed E-state index contributed by atoms with van der Waals surface area (Å²) < 4.78 is 30.0. The number of ether oxygens (including phenoxy) is 3.